The van der Waals surface area contributed by atoms with E-state index < -0.39 is 0 Å². The van der Waals surface area contributed by atoms with Crippen LogP contribution in [0, 0.1) is 6.92 Å². The first-order valence-electron chi connectivity index (χ1n) is 5.83. The predicted molar refractivity (Wildman–Crippen MR) is 74.5 cm³/mol. The molecule has 0 aliphatic carbocycles. The molecule has 1 rings (SSSR count). The van der Waals surface area contributed by atoms with Crippen LogP contribution in [0.3, 0.4) is 0 Å². The average molecular weight is 285 g/mol. The summed E-state index contributed by atoms with van der Waals surface area (Å²) in [4.78, 5) is 27.9. The standard InChI is InChI=1S/C12H19N3O3S/c1-7-8(6-9(16)18-5)19-11(13-7)14-10(17)15-12(2,3)4/h6H2,1-5H3,(H2,13,14,15,17). The summed E-state index contributed by atoms with van der Waals surface area (Å²) < 4.78 is 4.61. The Bertz CT molecular complexity index is 477. The van der Waals surface area contributed by atoms with Crippen LogP contribution in [0.4, 0.5) is 9.93 Å². The van der Waals surface area contributed by atoms with Gasteiger partial charge >= 0.3 is 12.0 Å². The van der Waals surface area contributed by atoms with Crippen molar-refractivity contribution in [3.8, 4) is 0 Å². The Labute approximate surface area is 116 Å². The summed E-state index contributed by atoms with van der Waals surface area (Å²) >= 11 is 1.27. The van der Waals surface area contributed by atoms with E-state index in [1.807, 2.05) is 20.8 Å². The Morgan fingerprint density at radius 1 is 1.37 bits per heavy atom. The van der Waals surface area contributed by atoms with Crippen LogP contribution in [0.25, 0.3) is 0 Å². The first-order chi connectivity index (χ1) is 8.71. The highest BCUT2D eigenvalue weighted by molar-refractivity contribution is 7.16. The monoisotopic (exact) mass is 285 g/mol. The molecule has 1 heterocycles. The molecule has 2 amide bonds. The first-order valence-corrected chi connectivity index (χ1v) is 6.65. The number of rotatable bonds is 3. The zero-order valence-corrected chi connectivity index (χ0v) is 12.6. The molecule has 1 aromatic heterocycles. The number of nitrogens with zero attached hydrogens (tertiary/aromatic N) is 1. The number of esters is 1. The number of amides is 2. The van der Waals surface area contributed by atoms with Gasteiger partial charge < -0.3 is 10.1 Å². The van der Waals surface area contributed by atoms with Gasteiger partial charge in [-0.1, -0.05) is 0 Å². The molecule has 7 heteroatoms. The number of aromatic nitrogens is 1. The number of nitrogens with one attached hydrogen (secondary N) is 2. The lowest BCUT2D eigenvalue weighted by Crippen LogP contribution is -2.43. The Balaban J connectivity index is 2.68. The number of carbonyl (C=O) groups excluding carboxylic acids is 2. The number of hydrogen-bond acceptors (Lipinski definition) is 5. The molecule has 0 aromatic carbocycles. The smallest absolute Gasteiger partial charge is 0.321 e. The maximum atomic E-state index is 11.7. The van der Waals surface area contributed by atoms with Crippen molar-refractivity contribution in [3.63, 3.8) is 0 Å². The highest BCUT2D eigenvalue weighted by atomic mass is 32.1. The lowest BCUT2D eigenvalue weighted by molar-refractivity contribution is -0.139. The molecule has 0 saturated carbocycles. The second-order valence-electron chi connectivity index (χ2n) is 5.11. The van der Waals surface area contributed by atoms with Crippen molar-refractivity contribution < 1.29 is 14.3 Å². The Morgan fingerprint density at radius 3 is 2.53 bits per heavy atom. The fourth-order valence-electron chi connectivity index (χ4n) is 1.32. The van der Waals surface area contributed by atoms with Gasteiger partial charge in [0.25, 0.3) is 0 Å². The van der Waals surface area contributed by atoms with Crippen molar-refractivity contribution in [2.75, 3.05) is 12.4 Å². The van der Waals surface area contributed by atoms with Gasteiger partial charge in [-0.3, -0.25) is 10.1 Å². The van der Waals surface area contributed by atoms with Crippen molar-refractivity contribution in [3.05, 3.63) is 10.6 Å². The van der Waals surface area contributed by atoms with Gasteiger partial charge in [0.05, 0.1) is 19.2 Å². The molecular weight excluding hydrogens is 266 g/mol. The molecule has 0 saturated heterocycles. The van der Waals surface area contributed by atoms with Gasteiger partial charge in [-0.25, -0.2) is 9.78 Å². The highest BCUT2D eigenvalue weighted by Gasteiger charge is 2.16. The minimum Gasteiger partial charge on any atom is -0.469 e. The molecule has 106 valence electrons. The molecule has 0 aliphatic rings. The molecule has 0 spiro atoms. The quantitative estimate of drug-likeness (QED) is 0.833. The summed E-state index contributed by atoms with van der Waals surface area (Å²) in [5.41, 5.74) is 0.409. The van der Waals surface area contributed by atoms with E-state index in [-0.39, 0.29) is 24.0 Å². The van der Waals surface area contributed by atoms with E-state index in [4.69, 9.17) is 0 Å². The SMILES string of the molecule is COC(=O)Cc1sc(NC(=O)NC(C)(C)C)nc1C. The van der Waals surface area contributed by atoms with E-state index >= 15 is 0 Å². The van der Waals surface area contributed by atoms with Gasteiger partial charge in [-0.2, -0.15) is 0 Å². The van der Waals surface area contributed by atoms with Crippen LogP contribution in [0.1, 0.15) is 31.3 Å². The number of carbonyl (C=O) groups is 2. The zero-order chi connectivity index (χ0) is 14.6. The van der Waals surface area contributed by atoms with Gasteiger partial charge in [-0.15, -0.1) is 11.3 Å². The van der Waals surface area contributed by atoms with Crippen LogP contribution in [0.5, 0.6) is 0 Å². The van der Waals surface area contributed by atoms with Crippen LogP contribution in [0.15, 0.2) is 0 Å². The highest BCUT2D eigenvalue weighted by Crippen LogP contribution is 2.23. The largest absolute Gasteiger partial charge is 0.469 e. The van der Waals surface area contributed by atoms with Gasteiger partial charge in [0.2, 0.25) is 0 Å². The van der Waals surface area contributed by atoms with Crippen LogP contribution < -0.4 is 10.6 Å². The normalized spacial score (nSPS) is 11.0. The van der Waals surface area contributed by atoms with E-state index in [9.17, 15) is 9.59 Å². The third-order valence-corrected chi connectivity index (χ3v) is 3.21. The van der Waals surface area contributed by atoms with Crippen molar-refractivity contribution in [1.82, 2.24) is 10.3 Å². The molecule has 0 unspecified atom stereocenters. The number of urea groups is 1. The molecule has 1 aromatic rings. The van der Waals surface area contributed by atoms with E-state index in [1.165, 1.54) is 18.4 Å². The second-order valence-corrected chi connectivity index (χ2v) is 6.19. The van der Waals surface area contributed by atoms with Crippen molar-refractivity contribution in [2.45, 2.75) is 39.7 Å². The predicted octanol–water partition coefficient (Wildman–Crippen LogP) is 2.09. The maximum Gasteiger partial charge on any atom is 0.321 e. The number of thiazole rings is 1. The fourth-order valence-corrected chi connectivity index (χ4v) is 2.26. The van der Waals surface area contributed by atoms with Crippen LogP contribution in [-0.4, -0.2) is 29.6 Å². The van der Waals surface area contributed by atoms with Crippen molar-refractivity contribution in [2.24, 2.45) is 0 Å². The molecule has 19 heavy (non-hydrogen) atoms. The van der Waals surface area contributed by atoms with Gasteiger partial charge in [0.1, 0.15) is 0 Å². The summed E-state index contributed by atoms with van der Waals surface area (Å²) in [5, 5.41) is 5.90. The third-order valence-electron chi connectivity index (χ3n) is 2.13. The van der Waals surface area contributed by atoms with Gasteiger partial charge in [0, 0.05) is 10.4 Å². The number of hydrogen-bond donors (Lipinski definition) is 2. The van der Waals surface area contributed by atoms with Gasteiger partial charge in [-0.05, 0) is 27.7 Å². The number of aryl methyl sites for hydroxylation is 1. The third kappa shape index (κ3) is 5.25. The average Bonchev–Trinajstić information content (AvgIpc) is 2.55. The Kier molecular flexibility index (Phi) is 4.88. The first kappa shape index (κ1) is 15.4. The summed E-state index contributed by atoms with van der Waals surface area (Å²) in [6.45, 7) is 7.47. The van der Waals surface area contributed by atoms with Crippen LogP contribution in [-0.2, 0) is 16.0 Å². The van der Waals surface area contributed by atoms with Gasteiger partial charge in [0.15, 0.2) is 5.13 Å². The van der Waals surface area contributed by atoms with Crippen LogP contribution >= 0.6 is 11.3 Å². The minimum absolute atomic E-state index is 0.169. The molecule has 2 N–H and O–H groups in total. The Hall–Kier alpha value is -1.63. The lowest BCUT2D eigenvalue weighted by Gasteiger charge is -2.20. The van der Waals surface area contributed by atoms with Crippen molar-refractivity contribution in [1.29, 1.82) is 0 Å². The molecule has 0 aliphatic heterocycles. The van der Waals surface area contributed by atoms with Crippen molar-refractivity contribution >= 4 is 28.5 Å². The van der Waals surface area contributed by atoms with E-state index in [0.29, 0.717) is 5.13 Å². The molecular formula is C12H19N3O3S. The maximum absolute atomic E-state index is 11.7. The summed E-state index contributed by atoms with van der Waals surface area (Å²) in [6.07, 6.45) is 0.169. The number of anilines is 1. The Morgan fingerprint density at radius 2 is 2.00 bits per heavy atom. The minimum atomic E-state index is -0.322. The lowest BCUT2D eigenvalue weighted by atomic mass is 10.1. The topological polar surface area (TPSA) is 80.3 Å². The fraction of sp³-hybridized carbons (Fsp3) is 0.583. The molecule has 0 bridgehead atoms. The molecule has 6 nitrogen and oxygen atoms in total. The van der Waals surface area contributed by atoms with E-state index in [1.54, 1.807) is 6.92 Å². The van der Waals surface area contributed by atoms with E-state index in [2.05, 4.69) is 20.4 Å². The molecule has 0 radical (unpaired) electrons. The summed E-state index contributed by atoms with van der Waals surface area (Å²) in [7, 11) is 1.34. The number of methoxy groups -OCH3 is 1. The summed E-state index contributed by atoms with van der Waals surface area (Å²) in [5.74, 6) is -0.322. The number of ether oxygens (including phenoxy) is 1. The summed E-state index contributed by atoms with van der Waals surface area (Å²) in [6, 6.07) is -0.314. The van der Waals surface area contributed by atoms with Crippen LogP contribution in [0.2, 0.25) is 0 Å². The van der Waals surface area contributed by atoms with E-state index in [0.717, 1.165) is 10.6 Å². The molecule has 0 fully saturated rings. The second kappa shape index (κ2) is 6.01. The zero-order valence-electron chi connectivity index (χ0n) is 11.8. The molecule has 0 atom stereocenters.